The lowest BCUT2D eigenvalue weighted by Crippen LogP contribution is -2.42. The third-order valence-electron chi connectivity index (χ3n) is 2.77. The lowest BCUT2D eigenvalue weighted by atomic mass is 9.87. The number of amides is 2. The minimum atomic E-state index is -0.379. The van der Waals surface area contributed by atoms with Gasteiger partial charge >= 0.3 is 6.03 Å². The molecule has 0 aliphatic rings. The number of urea groups is 1. The maximum atomic E-state index is 11.6. The second-order valence-electron chi connectivity index (χ2n) is 5.81. The summed E-state index contributed by atoms with van der Waals surface area (Å²) in [6, 6.07) is -0.236. The number of hydrogen-bond acceptors (Lipinski definition) is 5. The second-order valence-corrected chi connectivity index (χ2v) is 5.81. The van der Waals surface area contributed by atoms with Gasteiger partial charge in [0, 0.05) is 19.5 Å². The van der Waals surface area contributed by atoms with E-state index < -0.39 is 0 Å². The van der Waals surface area contributed by atoms with Gasteiger partial charge in [-0.1, -0.05) is 19.0 Å². The number of hydrogen-bond donors (Lipinski definition) is 3. The molecule has 0 aliphatic heterocycles. The average Bonchev–Trinajstić information content (AvgIpc) is 2.71. The van der Waals surface area contributed by atoms with Crippen molar-refractivity contribution in [3.05, 3.63) is 11.7 Å². The van der Waals surface area contributed by atoms with E-state index in [1.54, 1.807) is 13.8 Å². The maximum Gasteiger partial charge on any atom is 0.314 e. The van der Waals surface area contributed by atoms with Crippen LogP contribution in [0, 0.1) is 12.3 Å². The van der Waals surface area contributed by atoms with E-state index in [0.717, 1.165) is 0 Å². The molecule has 0 saturated heterocycles. The van der Waals surface area contributed by atoms with Gasteiger partial charge in [-0.2, -0.15) is 4.98 Å². The normalized spacial score (nSPS) is 13.1. The summed E-state index contributed by atoms with van der Waals surface area (Å²) < 4.78 is 4.94. The fraction of sp³-hybridized carbons (Fsp3) is 0.769. The van der Waals surface area contributed by atoms with Gasteiger partial charge < -0.3 is 20.3 Å². The second kappa shape index (κ2) is 7.23. The first-order valence-corrected chi connectivity index (χ1v) is 6.77. The number of carbonyl (C=O) groups is 1. The molecular formula is C13H24N4O3. The Bertz CT molecular complexity index is 429. The molecule has 1 heterocycles. The Morgan fingerprint density at radius 3 is 2.70 bits per heavy atom. The van der Waals surface area contributed by atoms with E-state index >= 15 is 0 Å². The van der Waals surface area contributed by atoms with E-state index in [9.17, 15) is 9.90 Å². The van der Waals surface area contributed by atoms with Gasteiger partial charge in [0.15, 0.2) is 5.82 Å². The number of aromatic nitrogens is 2. The molecule has 0 bridgehead atoms. The Balaban J connectivity index is 2.20. The average molecular weight is 284 g/mol. The smallest absolute Gasteiger partial charge is 0.314 e. The molecule has 0 aliphatic carbocycles. The van der Waals surface area contributed by atoms with E-state index in [0.29, 0.717) is 37.6 Å². The molecule has 7 nitrogen and oxygen atoms in total. The predicted octanol–water partition coefficient (Wildman–Crippen LogP) is 1.02. The third kappa shape index (κ3) is 6.51. The Morgan fingerprint density at radius 2 is 2.15 bits per heavy atom. The van der Waals surface area contributed by atoms with Gasteiger partial charge in [-0.3, -0.25) is 0 Å². The molecule has 3 N–H and O–H groups in total. The van der Waals surface area contributed by atoms with Gasteiger partial charge in [-0.25, -0.2) is 4.79 Å². The molecule has 1 unspecified atom stereocenters. The fourth-order valence-electron chi connectivity index (χ4n) is 1.98. The number of aliphatic hydroxyl groups excluding tert-OH is 1. The van der Waals surface area contributed by atoms with Crippen LogP contribution in [0.15, 0.2) is 4.52 Å². The largest absolute Gasteiger partial charge is 0.393 e. The number of carbonyl (C=O) groups excluding carboxylic acids is 1. The summed E-state index contributed by atoms with van der Waals surface area (Å²) >= 11 is 0. The quantitative estimate of drug-likeness (QED) is 0.694. The highest BCUT2D eigenvalue weighted by molar-refractivity contribution is 5.73. The highest BCUT2D eigenvalue weighted by Gasteiger charge is 2.20. The summed E-state index contributed by atoms with van der Waals surface area (Å²) in [5.41, 5.74) is -0.144. The van der Waals surface area contributed by atoms with Crippen LogP contribution in [0.5, 0.6) is 0 Å². The van der Waals surface area contributed by atoms with E-state index in [1.165, 1.54) is 0 Å². The zero-order valence-electron chi connectivity index (χ0n) is 12.6. The molecule has 1 rings (SSSR count). The van der Waals surface area contributed by atoms with E-state index in [4.69, 9.17) is 4.52 Å². The molecule has 2 amide bonds. The van der Waals surface area contributed by atoms with Crippen LogP contribution in [0.4, 0.5) is 4.79 Å². The minimum Gasteiger partial charge on any atom is -0.393 e. The fourth-order valence-corrected chi connectivity index (χ4v) is 1.98. The summed E-state index contributed by atoms with van der Waals surface area (Å²) in [5.74, 6) is 1.10. The van der Waals surface area contributed by atoms with Crippen molar-refractivity contribution in [3.8, 4) is 0 Å². The molecule has 1 atom stereocenters. The Kier molecular flexibility index (Phi) is 5.94. The number of aryl methyl sites for hydroxylation is 1. The first kappa shape index (κ1) is 16.4. The highest BCUT2D eigenvalue weighted by Crippen LogP contribution is 2.20. The Morgan fingerprint density at radius 1 is 1.45 bits per heavy atom. The highest BCUT2D eigenvalue weighted by atomic mass is 16.5. The van der Waals surface area contributed by atoms with Gasteiger partial charge in [0.1, 0.15) is 0 Å². The Labute approximate surface area is 119 Å². The first-order valence-electron chi connectivity index (χ1n) is 6.77. The summed E-state index contributed by atoms with van der Waals surface area (Å²) in [6.07, 6.45) is 0.760. The third-order valence-corrected chi connectivity index (χ3v) is 2.77. The molecule has 1 aromatic rings. The summed E-state index contributed by atoms with van der Waals surface area (Å²) in [6.45, 7) is 8.43. The number of rotatable bonds is 7. The molecule has 0 saturated carbocycles. The molecule has 0 spiro atoms. The van der Waals surface area contributed by atoms with Crippen molar-refractivity contribution in [2.75, 3.05) is 13.1 Å². The van der Waals surface area contributed by atoms with E-state index in [-0.39, 0.29) is 17.6 Å². The molecule has 20 heavy (non-hydrogen) atoms. The van der Waals surface area contributed by atoms with Crippen LogP contribution in [0.3, 0.4) is 0 Å². The SMILES string of the molecule is Cc1noc(CCNC(=O)NCC(C)(C)CC(C)O)n1. The molecule has 0 fully saturated rings. The molecular weight excluding hydrogens is 260 g/mol. The molecule has 7 heteroatoms. The van der Waals surface area contributed by atoms with Crippen LogP contribution >= 0.6 is 0 Å². The number of nitrogens with zero attached hydrogens (tertiary/aromatic N) is 2. The van der Waals surface area contributed by atoms with Crippen molar-refractivity contribution in [3.63, 3.8) is 0 Å². The molecule has 1 aromatic heterocycles. The van der Waals surface area contributed by atoms with Crippen LogP contribution in [-0.2, 0) is 6.42 Å². The van der Waals surface area contributed by atoms with Gasteiger partial charge in [0.2, 0.25) is 5.89 Å². The van der Waals surface area contributed by atoms with Crippen LogP contribution in [0.1, 0.15) is 38.9 Å². The summed E-state index contributed by atoms with van der Waals surface area (Å²) in [7, 11) is 0. The van der Waals surface area contributed by atoms with Crippen molar-refractivity contribution in [2.24, 2.45) is 5.41 Å². The maximum absolute atomic E-state index is 11.6. The van der Waals surface area contributed by atoms with Gasteiger partial charge in [0.05, 0.1) is 6.10 Å². The van der Waals surface area contributed by atoms with Crippen molar-refractivity contribution in [1.29, 1.82) is 0 Å². The van der Waals surface area contributed by atoms with Gasteiger partial charge in [0.25, 0.3) is 0 Å². The summed E-state index contributed by atoms with van der Waals surface area (Å²) in [5, 5.41) is 18.6. The lowest BCUT2D eigenvalue weighted by Gasteiger charge is -2.26. The van der Waals surface area contributed by atoms with Crippen LogP contribution in [0.25, 0.3) is 0 Å². The molecule has 0 radical (unpaired) electrons. The molecule has 0 aromatic carbocycles. The molecule has 114 valence electrons. The van der Waals surface area contributed by atoms with Crippen molar-refractivity contribution >= 4 is 6.03 Å². The standard InChI is InChI=1S/C13H24N4O3/c1-9(18)7-13(3,4)8-15-12(19)14-6-5-11-16-10(2)17-20-11/h9,18H,5-8H2,1-4H3,(H2,14,15,19). The van der Waals surface area contributed by atoms with Crippen LogP contribution in [-0.4, -0.2) is 40.5 Å². The minimum absolute atomic E-state index is 0.144. The van der Waals surface area contributed by atoms with Crippen molar-refractivity contribution < 1.29 is 14.4 Å². The predicted molar refractivity (Wildman–Crippen MR) is 74.2 cm³/mol. The van der Waals surface area contributed by atoms with Gasteiger partial charge in [-0.05, 0) is 25.7 Å². The van der Waals surface area contributed by atoms with Crippen LogP contribution in [0.2, 0.25) is 0 Å². The number of nitrogens with one attached hydrogen (secondary N) is 2. The monoisotopic (exact) mass is 284 g/mol. The summed E-state index contributed by atoms with van der Waals surface area (Å²) in [4.78, 5) is 15.7. The topological polar surface area (TPSA) is 100 Å². The Hall–Kier alpha value is -1.63. The first-order chi connectivity index (χ1) is 9.28. The lowest BCUT2D eigenvalue weighted by molar-refractivity contribution is 0.129. The zero-order chi connectivity index (χ0) is 15.2. The van der Waals surface area contributed by atoms with Crippen molar-refractivity contribution in [2.45, 2.75) is 46.6 Å². The van der Waals surface area contributed by atoms with Crippen molar-refractivity contribution in [1.82, 2.24) is 20.8 Å². The van der Waals surface area contributed by atoms with Gasteiger partial charge in [-0.15, -0.1) is 0 Å². The van der Waals surface area contributed by atoms with E-state index in [2.05, 4.69) is 20.8 Å². The van der Waals surface area contributed by atoms with Crippen LogP contribution < -0.4 is 10.6 Å². The number of aliphatic hydroxyl groups is 1. The zero-order valence-corrected chi connectivity index (χ0v) is 12.6. The van der Waals surface area contributed by atoms with E-state index in [1.807, 2.05) is 13.8 Å².